The van der Waals surface area contributed by atoms with Crippen LogP contribution in [0.25, 0.3) is 0 Å². The van der Waals surface area contributed by atoms with Crippen LogP contribution in [0.3, 0.4) is 0 Å². The maximum absolute atomic E-state index is 12.3. The lowest BCUT2D eigenvalue weighted by Gasteiger charge is -2.59. The third-order valence-electron chi connectivity index (χ3n) is 6.64. The SMILES string of the molecule is C[C@@H](NC(=O)COC(=O)Cc1cccs1)C12CC3CC(CC(C3)C1)C2. The van der Waals surface area contributed by atoms with Crippen molar-refractivity contribution in [1.82, 2.24) is 5.32 Å². The van der Waals surface area contributed by atoms with Crippen molar-refractivity contribution in [3.8, 4) is 0 Å². The summed E-state index contributed by atoms with van der Waals surface area (Å²) in [5.41, 5.74) is 0.283. The number of nitrogens with one attached hydrogen (secondary N) is 1. The number of hydrogen-bond donors (Lipinski definition) is 1. The van der Waals surface area contributed by atoms with E-state index < -0.39 is 0 Å². The molecule has 1 amide bonds. The van der Waals surface area contributed by atoms with E-state index in [-0.39, 0.29) is 36.4 Å². The summed E-state index contributed by atoms with van der Waals surface area (Å²) >= 11 is 1.53. The van der Waals surface area contributed by atoms with Crippen molar-refractivity contribution in [2.75, 3.05) is 6.61 Å². The lowest BCUT2D eigenvalue weighted by atomic mass is 9.48. The molecule has 0 saturated heterocycles. The molecule has 0 radical (unpaired) electrons. The van der Waals surface area contributed by atoms with E-state index in [0.717, 1.165) is 22.6 Å². The van der Waals surface area contributed by atoms with Crippen molar-refractivity contribution in [2.24, 2.45) is 23.2 Å². The van der Waals surface area contributed by atoms with Crippen molar-refractivity contribution < 1.29 is 14.3 Å². The van der Waals surface area contributed by atoms with Crippen LogP contribution in [-0.4, -0.2) is 24.5 Å². The predicted octanol–water partition coefficient (Wildman–Crippen LogP) is 3.55. The summed E-state index contributed by atoms with van der Waals surface area (Å²) in [5, 5.41) is 5.07. The molecule has 1 atom stereocenters. The van der Waals surface area contributed by atoms with Crippen LogP contribution in [-0.2, 0) is 20.7 Å². The molecule has 5 rings (SSSR count). The number of esters is 1. The summed E-state index contributed by atoms with van der Waals surface area (Å²) in [7, 11) is 0. The van der Waals surface area contributed by atoms with Gasteiger partial charge in [0.15, 0.2) is 6.61 Å². The fourth-order valence-electron chi connectivity index (χ4n) is 5.90. The summed E-state index contributed by atoms with van der Waals surface area (Å²) in [5.74, 6) is 2.11. The highest BCUT2D eigenvalue weighted by molar-refractivity contribution is 7.10. The van der Waals surface area contributed by atoms with Crippen molar-refractivity contribution in [1.29, 1.82) is 0 Å². The smallest absolute Gasteiger partial charge is 0.311 e. The van der Waals surface area contributed by atoms with E-state index in [9.17, 15) is 9.59 Å². The molecule has 1 heterocycles. The van der Waals surface area contributed by atoms with Crippen molar-refractivity contribution >= 4 is 23.2 Å². The second-order valence-electron chi connectivity index (χ2n) is 8.49. The second kappa shape index (κ2) is 6.75. The Kier molecular flexibility index (Phi) is 4.61. The third-order valence-corrected chi connectivity index (χ3v) is 7.52. The molecule has 4 nitrogen and oxygen atoms in total. The molecule has 0 aromatic carbocycles. The lowest BCUT2D eigenvalue weighted by molar-refractivity contribution is -0.148. The summed E-state index contributed by atoms with van der Waals surface area (Å²) in [6, 6.07) is 3.98. The number of rotatable bonds is 6. The van der Waals surface area contributed by atoms with Gasteiger partial charge in [0.2, 0.25) is 0 Å². The van der Waals surface area contributed by atoms with Gasteiger partial charge in [-0.2, -0.15) is 0 Å². The van der Waals surface area contributed by atoms with Gasteiger partial charge in [-0.15, -0.1) is 11.3 Å². The number of ether oxygens (including phenoxy) is 1. The van der Waals surface area contributed by atoms with Crippen LogP contribution in [0.4, 0.5) is 0 Å². The van der Waals surface area contributed by atoms with Gasteiger partial charge < -0.3 is 10.1 Å². The maximum atomic E-state index is 12.3. The van der Waals surface area contributed by atoms with Gasteiger partial charge in [0.05, 0.1) is 6.42 Å². The summed E-state index contributed by atoms with van der Waals surface area (Å²) < 4.78 is 5.15. The van der Waals surface area contributed by atoms with Gasteiger partial charge in [-0.25, -0.2) is 0 Å². The number of carbonyl (C=O) groups excluding carboxylic acids is 2. The first-order valence-corrected chi connectivity index (χ1v) is 10.4. The second-order valence-corrected chi connectivity index (χ2v) is 9.52. The molecule has 4 fully saturated rings. The largest absolute Gasteiger partial charge is 0.455 e. The monoisotopic (exact) mass is 361 g/mol. The Labute approximate surface area is 153 Å². The zero-order chi connectivity index (χ0) is 17.4. The van der Waals surface area contributed by atoms with E-state index in [0.29, 0.717) is 0 Å². The zero-order valence-electron chi connectivity index (χ0n) is 14.8. The zero-order valence-corrected chi connectivity index (χ0v) is 15.6. The first-order valence-electron chi connectivity index (χ1n) is 9.50. The average molecular weight is 362 g/mol. The van der Waals surface area contributed by atoms with E-state index in [2.05, 4.69) is 12.2 Å². The van der Waals surface area contributed by atoms with Crippen LogP contribution in [0.5, 0.6) is 0 Å². The molecule has 1 aromatic rings. The van der Waals surface area contributed by atoms with E-state index in [1.54, 1.807) is 0 Å². The number of thiophene rings is 1. The van der Waals surface area contributed by atoms with Crippen LogP contribution in [0.15, 0.2) is 17.5 Å². The predicted molar refractivity (Wildman–Crippen MR) is 97.2 cm³/mol. The van der Waals surface area contributed by atoms with E-state index in [1.807, 2.05) is 17.5 Å². The van der Waals surface area contributed by atoms with Crippen LogP contribution < -0.4 is 5.32 Å². The third kappa shape index (κ3) is 3.62. The minimum atomic E-state index is -0.333. The lowest BCUT2D eigenvalue weighted by Crippen LogP contribution is -2.56. The van der Waals surface area contributed by atoms with E-state index in [1.165, 1.54) is 49.9 Å². The quantitative estimate of drug-likeness (QED) is 0.788. The maximum Gasteiger partial charge on any atom is 0.311 e. The molecule has 0 unspecified atom stereocenters. The van der Waals surface area contributed by atoms with Gasteiger partial charge in [-0.3, -0.25) is 9.59 Å². The molecule has 1 N–H and O–H groups in total. The van der Waals surface area contributed by atoms with Crippen molar-refractivity contribution in [3.63, 3.8) is 0 Å². The van der Waals surface area contributed by atoms with Crippen molar-refractivity contribution in [3.05, 3.63) is 22.4 Å². The van der Waals surface area contributed by atoms with Gasteiger partial charge in [-0.05, 0) is 80.1 Å². The molecule has 25 heavy (non-hydrogen) atoms. The Morgan fingerprint density at radius 2 is 1.88 bits per heavy atom. The van der Waals surface area contributed by atoms with Crippen molar-refractivity contribution in [2.45, 2.75) is 57.9 Å². The molecule has 4 aliphatic rings. The van der Waals surface area contributed by atoms with E-state index >= 15 is 0 Å². The van der Waals surface area contributed by atoms with Gasteiger partial charge in [-0.1, -0.05) is 6.07 Å². The molecule has 0 spiro atoms. The Morgan fingerprint density at radius 3 is 2.44 bits per heavy atom. The number of hydrogen-bond acceptors (Lipinski definition) is 4. The molecule has 0 aliphatic heterocycles. The summed E-state index contributed by atoms with van der Waals surface area (Å²) in [6.45, 7) is 1.99. The number of amides is 1. The van der Waals surface area contributed by atoms with E-state index in [4.69, 9.17) is 4.74 Å². The molecule has 5 heteroatoms. The van der Waals surface area contributed by atoms with Crippen LogP contribution >= 0.6 is 11.3 Å². The van der Waals surface area contributed by atoms with Gasteiger partial charge in [0, 0.05) is 10.9 Å². The summed E-state index contributed by atoms with van der Waals surface area (Å²) in [4.78, 5) is 25.1. The Balaban J connectivity index is 1.27. The van der Waals surface area contributed by atoms with Crippen LogP contribution in [0.2, 0.25) is 0 Å². The minimum Gasteiger partial charge on any atom is -0.455 e. The standard InChI is InChI=1S/C20H27NO3S/c1-13(20-9-14-5-15(10-20)7-16(6-14)11-20)21-18(22)12-24-19(23)8-17-3-2-4-25-17/h2-4,13-16H,5-12H2,1H3,(H,21,22)/t13-,14?,15?,16?,20?/m1/s1. The Hall–Kier alpha value is -1.36. The molecule has 4 aliphatic carbocycles. The normalized spacial score (nSPS) is 33.9. The van der Waals surface area contributed by atoms with Gasteiger partial charge in [0.25, 0.3) is 5.91 Å². The Bertz CT molecular complexity index is 604. The average Bonchev–Trinajstić information content (AvgIpc) is 3.04. The molecular formula is C20H27NO3S. The summed E-state index contributed by atoms with van der Waals surface area (Å²) in [6.07, 6.45) is 8.24. The first-order chi connectivity index (χ1) is 12.0. The fraction of sp³-hybridized carbons (Fsp3) is 0.700. The minimum absolute atomic E-state index is 0.164. The number of carbonyl (C=O) groups is 2. The molecule has 136 valence electrons. The first kappa shape index (κ1) is 17.1. The molecule has 1 aromatic heterocycles. The van der Waals surface area contributed by atoms with Gasteiger partial charge >= 0.3 is 5.97 Å². The van der Waals surface area contributed by atoms with Crippen LogP contribution in [0, 0.1) is 23.2 Å². The Morgan fingerprint density at radius 1 is 1.24 bits per heavy atom. The fourth-order valence-corrected chi connectivity index (χ4v) is 6.59. The highest BCUT2D eigenvalue weighted by atomic mass is 32.1. The van der Waals surface area contributed by atoms with Gasteiger partial charge in [0.1, 0.15) is 0 Å². The molecular weight excluding hydrogens is 334 g/mol. The topological polar surface area (TPSA) is 55.4 Å². The highest BCUT2D eigenvalue weighted by Gasteiger charge is 2.53. The highest BCUT2D eigenvalue weighted by Crippen LogP contribution is 2.61. The molecule has 4 saturated carbocycles. The van der Waals surface area contributed by atoms with Crippen LogP contribution in [0.1, 0.15) is 50.3 Å². The molecule has 4 bridgehead atoms.